The fraction of sp³-hybridized carbons (Fsp3) is 0.265. The van der Waals surface area contributed by atoms with Crippen molar-refractivity contribution in [1.29, 1.82) is 0 Å². The maximum absolute atomic E-state index is 4.88. The molecule has 0 atom stereocenters. The lowest BCUT2D eigenvalue weighted by Gasteiger charge is -2.21. The Labute approximate surface area is 228 Å². The molecule has 0 saturated carbocycles. The molecule has 0 aliphatic carbocycles. The third-order valence-electron chi connectivity index (χ3n) is 7.95. The zero-order chi connectivity index (χ0) is 26.4. The van der Waals surface area contributed by atoms with Crippen molar-refractivity contribution < 1.29 is 0 Å². The van der Waals surface area contributed by atoms with E-state index in [9.17, 15) is 0 Å². The van der Waals surface area contributed by atoms with Gasteiger partial charge in [0.2, 0.25) is 0 Å². The minimum atomic E-state index is 0.0958. The smallest absolute Gasteiger partial charge is 0.174 e. The molecule has 1 aliphatic heterocycles. The van der Waals surface area contributed by atoms with E-state index in [1.807, 2.05) is 11.8 Å². The van der Waals surface area contributed by atoms with E-state index in [-0.39, 0.29) is 10.8 Å². The first kappa shape index (κ1) is 23.6. The van der Waals surface area contributed by atoms with E-state index in [1.165, 1.54) is 55.4 Å². The van der Waals surface area contributed by atoms with Crippen LogP contribution in [0.2, 0.25) is 0 Å². The number of benzene rings is 4. The van der Waals surface area contributed by atoms with E-state index in [1.54, 1.807) is 0 Å². The number of hydrogen-bond donors (Lipinski definition) is 0. The van der Waals surface area contributed by atoms with Crippen LogP contribution in [0.15, 0.2) is 84.0 Å². The van der Waals surface area contributed by atoms with Crippen molar-refractivity contribution >= 4 is 44.6 Å². The van der Waals surface area contributed by atoms with Crippen molar-refractivity contribution in [2.24, 2.45) is 0 Å². The molecule has 38 heavy (non-hydrogen) atoms. The van der Waals surface area contributed by atoms with E-state index in [0.29, 0.717) is 0 Å². The number of rotatable bonds is 1. The van der Waals surface area contributed by atoms with Gasteiger partial charge in [-0.3, -0.25) is 4.57 Å². The fourth-order valence-electron chi connectivity index (χ4n) is 5.76. The molecule has 3 nitrogen and oxygen atoms in total. The summed E-state index contributed by atoms with van der Waals surface area (Å²) in [5, 5.41) is 3.73. The second-order valence-corrected chi connectivity index (χ2v) is 13.6. The van der Waals surface area contributed by atoms with Crippen LogP contribution in [0, 0.1) is 0 Å². The van der Waals surface area contributed by atoms with Crippen LogP contribution in [0.3, 0.4) is 0 Å². The van der Waals surface area contributed by atoms with Gasteiger partial charge in [0.1, 0.15) is 0 Å². The molecule has 0 N–H and O–H groups in total. The quantitative estimate of drug-likeness (QED) is 0.218. The fourth-order valence-corrected chi connectivity index (χ4v) is 6.76. The van der Waals surface area contributed by atoms with Crippen molar-refractivity contribution in [2.75, 3.05) is 0 Å². The lowest BCUT2D eigenvalue weighted by molar-refractivity contribution is 0.590. The van der Waals surface area contributed by atoms with Crippen LogP contribution in [-0.2, 0) is 16.6 Å². The first-order valence-electron chi connectivity index (χ1n) is 13.4. The number of aromatic nitrogens is 3. The Hall–Kier alpha value is -3.50. The molecule has 4 aromatic carbocycles. The Morgan fingerprint density at radius 2 is 1.29 bits per heavy atom. The first-order chi connectivity index (χ1) is 18.1. The Morgan fingerprint density at radius 1 is 0.658 bits per heavy atom. The molecule has 1 aliphatic rings. The molecule has 4 heteroatoms. The Morgan fingerprint density at radius 3 is 1.92 bits per heavy atom. The molecule has 0 unspecified atom stereocenters. The normalized spacial score (nSPS) is 13.8. The SMILES string of the molecule is CC(C)(C)c1ccc2c(c1)c1cc(C(C)(C)C)ccc1n2-c1ccc2c(c1)CSc1nc3ccccc3n1-2. The predicted molar refractivity (Wildman–Crippen MR) is 162 cm³/mol. The van der Waals surface area contributed by atoms with Crippen molar-refractivity contribution in [3.63, 3.8) is 0 Å². The lowest BCUT2D eigenvalue weighted by Crippen LogP contribution is -2.10. The monoisotopic (exact) mass is 515 g/mol. The maximum Gasteiger partial charge on any atom is 0.174 e. The van der Waals surface area contributed by atoms with Gasteiger partial charge in [0.05, 0.1) is 27.8 Å². The molecule has 0 spiro atoms. The van der Waals surface area contributed by atoms with E-state index >= 15 is 0 Å². The molecule has 0 amide bonds. The summed E-state index contributed by atoms with van der Waals surface area (Å²) < 4.78 is 4.77. The summed E-state index contributed by atoms with van der Waals surface area (Å²) in [5.41, 5.74) is 11.5. The van der Waals surface area contributed by atoms with E-state index in [2.05, 4.69) is 130 Å². The summed E-state index contributed by atoms with van der Waals surface area (Å²) in [6.07, 6.45) is 0. The molecule has 2 aromatic heterocycles. The Bertz CT molecular complexity index is 1820. The number of para-hydroxylation sites is 2. The standard InChI is InChI=1S/C34H33N3S/c1-33(2,3)22-11-14-29-25(18-22)26-19-23(34(4,5)6)12-15-30(26)36(29)24-13-16-28-21(17-24)20-38-32-35-27-9-7-8-10-31(27)37(28)32/h7-19H,20H2,1-6H3. The molecular weight excluding hydrogens is 482 g/mol. The topological polar surface area (TPSA) is 22.8 Å². The average molecular weight is 516 g/mol. The van der Waals surface area contributed by atoms with Gasteiger partial charge in [0, 0.05) is 22.2 Å². The van der Waals surface area contributed by atoms with Gasteiger partial charge in [-0.1, -0.05) is 77.6 Å². The van der Waals surface area contributed by atoms with Gasteiger partial charge >= 0.3 is 0 Å². The highest BCUT2D eigenvalue weighted by Gasteiger charge is 2.24. The number of imidazole rings is 1. The lowest BCUT2D eigenvalue weighted by atomic mass is 9.85. The summed E-state index contributed by atoms with van der Waals surface area (Å²) in [4.78, 5) is 4.88. The minimum Gasteiger partial charge on any atom is -0.309 e. The molecule has 0 saturated heterocycles. The van der Waals surface area contributed by atoms with Crippen LogP contribution in [0.25, 0.3) is 44.2 Å². The molecular formula is C34H33N3S. The van der Waals surface area contributed by atoms with Gasteiger partial charge in [0.15, 0.2) is 5.16 Å². The zero-order valence-electron chi connectivity index (χ0n) is 23.0. The van der Waals surface area contributed by atoms with Crippen molar-refractivity contribution in [1.82, 2.24) is 14.1 Å². The number of fused-ring (bicyclic) bond motifs is 8. The summed E-state index contributed by atoms with van der Waals surface area (Å²) in [7, 11) is 0. The van der Waals surface area contributed by atoms with Crippen LogP contribution < -0.4 is 0 Å². The third-order valence-corrected chi connectivity index (χ3v) is 8.93. The highest BCUT2D eigenvalue weighted by Crippen LogP contribution is 2.41. The van der Waals surface area contributed by atoms with Crippen molar-refractivity contribution in [2.45, 2.75) is 63.3 Å². The molecule has 6 aromatic rings. The van der Waals surface area contributed by atoms with Crippen molar-refractivity contribution in [3.8, 4) is 11.4 Å². The average Bonchev–Trinajstić information content (AvgIpc) is 3.42. The van der Waals surface area contributed by atoms with E-state index in [0.717, 1.165) is 16.4 Å². The Kier molecular flexibility index (Phi) is 4.97. The zero-order valence-corrected chi connectivity index (χ0v) is 23.8. The summed E-state index contributed by atoms with van der Waals surface area (Å²) in [6, 6.07) is 29.5. The molecule has 0 radical (unpaired) electrons. The third kappa shape index (κ3) is 3.54. The van der Waals surface area contributed by atoms with Gasteiger partial charge in [-0.2, -0.15) is 0 Å². The second-order valence-electron chi connectivity index (χ2n) is 12.6. The van der Waals surface area contributed by atoms with E-state index < -0.39 is 0 Å². The number of nitrogens with zero attached hydrogens (tertiary/aromatic N) is 3. The first-order valence-corrected chi connectivity index (χ1v) is 14.4. The van der Waals surface area contributed by atoms with Crippen LogP contribution in [0.5, 0.6) is 0 Å². The second kappa shape index (κ2) is 8.00. The summed E-state index contributed by atoms with van der Waals surface area (Å²) >= 11 is 1.82. The largest absolute Gasteiger partial charge is 0.309 e. The van der Waals surface area contributed by atoms with Gasteiger partial charge in [-0.25, -0.2) is 4.98 Å². The predicted octanol–water partition coefficient (Wildman–Crippen LogP) is 9.32. The molecule has 3 heterocycles. The molecule has 190 valence electrons. The number of thioether (sulfide) groups is 1. The van der Waals surface area contributed by atoms with Gasteiger partial charge in [-0.15, -0.1) is 0 Å². The molecule has 0 bridgehead atoms. The number of hydrogen-bond acceptors (Lipinski definition) is 2. The van der Waals surface area contributed by atoms with Gasteiger partial charge in [-0.05, 0) is 82.1 Å². The highest BCUT2D eigenvalue weighted by molar-refractivity contribution is 7.98. The molecule has 0 fully saturated rings. The van der Waals surface area contributed by atoms with Gasteiger partial charge in [0.25, 0.3) is 0 Å². The van der Waals surface area contributed by atoms with Crippen LogP contribution in [0.1, 0.15) is 58.2 Å². The summed E-state index contributed by atoms with van der Waals surface area (Å²) in [6.45, 7) is 13.8. The minimum absolute atomic E-state index is 0.0958. The van der Waals surface area contributed by atoms with Crippen molar-refractivity contribution in [3.05, 3.63) is 95.6 Å². The highest BCUT2D eigenvalue weighted by atomic mass is 32.2. The van der Waals surface area contributed by atoms with Crippen LogP contribution in [-0.4, -0.2) is 14.1 Å². The van der Waals surface area contributed by atoms with Crippen LogP contribution >= 0.6 is 11.8 Å². The van der Waals surface area contributed by atoms with E-state index in [4.69, 9.17) is 4.98 Å². The van der Waals surface area contributed by atoms with Crippen LogP contribution in [0.4, 0.5) is 0 Å². The van der Waals surface area contributed by atoms with Gasteiger partial charge < -0.3 is 4.57 Å². The Balaban J connectivity index is 1.48. The summed E-state index contributed by atoms with van der Waals surface area (Å²) in [5.74, 6) is 0.923. The maximum atomic E-state index is 4.88. The molecule has 7 rings (SSSR count).